The van der Waals surface area contributed by atoms with Crippen molar-refractivity contribution in [2.24, 2.45) is 0 Å². The first-order chi connectivity index (χ1) is 9.15. The van der Waals surface area contributed by atoms with E-state index in [2.05, 4.69) is 74.4 Å². The molecular formula is C18H23N. The summed E-state index contributed by atoms with van der Waals surface area (Å²) in [4.78, 5) is 2.24. The summed E-state index contributed by atoms with van der Waals surface area (Å²) in [5.74, 6) is 0. The van der Waals surface area contributed by atoms with Gasteiger partial charge in [-0.3, -0.25) is 0 Å². The molecule has 0 atom stereocenters. The fraction of sp³-hybridized carbons (Fsp3) is 0.333. The molecule has 0 fully saturated rings. The van der Waals surface area contributed by atoms with Crippen molar-refractivity contribution in [1.29, 1.82) is 0 Å². The van der Waals surface area contributed by atoms with Crippen molar-refractivity contribution in [3.8, 4) is 11.1 Å². The molecule has 100 valence electrons. The third-order valence-corrected chi connectivity index (χ3v) is 3.38. The van der Waals surface area contributed by atoms with Gasteiger partial charge in [0.15, 0.2) is 0 Å². The molecule has 0 N–H and O–H groups in total. The van der Waals surface area contributed by atoms with Crippen LogP contribution >= 0.6 is 0 Å². The van der Waals surface area contributed by atoms with Crippen LogP contribution in [0.15, 0.2) is 48.5 Å². The van der Waals surface area contributed by atoms with Crippen LogP contribution in [0.5, 0.6) is 0 Å². The molecule has 0 heterocycles. The summed E-state index contributed by atoms with van der Waals surface area (Å²) < 4.78 is 0. The highest BCUT2D eigenvalue weighted by Crippen LogP contribution is 2.21. The second kappa shape index (κ2) is 6.53. The highest BCUT2D eigenvalue weighted by atomic mass is 15.0. The highest BCUT2D eigenvalue weighted by Gasteiger charge is 1.99. The maximum absolute atomic E-state index is 2.26. The van der Waals surface area contributed by atoms with Gasteiger partial charge in [-0.1, -0.05) is 54.1 Å². The Morgan fingerprint density at radius 2 is 1.63 bits per heavy atom. The van der Waals surface area contributed by atoms with Crippen LogP contribution in [0.1, 0.15) is 17.5 Å². The van der Waals surface area contributed by atoms with Crippen molar-refractivity contribution in [1.82, 2.24) is 4.90 Å². The number of hydrogen-bond acceptors (Lipinski definition) is 1. The SMILES string of the molecule is Cc1cccc(-c2ccc(CCCN(C)C)cc2)c1. The summed E-state index contributed by atoms with van der Waals surface area (Å²) in [6.45, 7) is 3.29. The maximum atomic E-state index is 2.26. The number of nitrogens with zero attached hydrogens (tertiary/aromatic N) is 1. The first-order valence-electron chi connectivity index (χ1n) is 6.96. The maximum Gasteiger partial charge on any atom is -0.00217 e. The van der Waals surface area contributed by atoms with Crippen molar-refractivity contribution >= 4 is 0 Å². The Bertz CT molecular complexity index is 511. The zero-order valence-electron chi connectivity index (χ0n) is 12.2. The van der Waals surface area contributed by atoms with Gasteiger partial charge in [-0.15, -0.1) is 0 Å². The van der Waals surface area contributed by atoms with Crippen molar-refractivity contribution in [2.45, 2.75) is 19.8 Å². The minimum atomic E-state index is 1.15. The molecule has 0 saturated carbocycles. The fourth-order valence-electron chi connectivity index (χ4n) is 2.29. The molecule has 0 saturated heterocycles. The summed E-state index contributed by atoms with van der Waals surface area (Å²) in [5, 5.41) is 0. The van der Waals surface area contributed by atoms with Crippen molar-refractivity contribution < 1.29 is 0 Å². The van der Waals surface area contributed by atoms with Gasteiger partial charge in [0.1, 0.15) is 0 Å². The Morgan fingerprint density at radius 3 is 2.26 bits per heavy atom. The van der Waals surface area contributed by atoms with E-state index in [4.69, 9.17) is 0 Å². The van der Waals surface area contributed by atoms with E-state index in [0.29, 0.717) is 0 Å². The highest BCUT2D eigenvalue weighted by molar-refractivity contribution is 5.64. The van der Waals surface area contributed by atoms with Crippen LogP contribution in [0.4, 0.5) is 0 Å². The van der Waals surface area contributed by atoms with Gasteiger partial charge >= 0.3 is 0 Å². The molecule has 19 heavy (non-hydrogen) atoms. The molecule has 0 unspecified atom stereocenters. The molecule has 0 aliphatic carbocycles. The summed E-state index contributed by atoms with van der Waals surface area (Å²) in [7, 11) is 4.25. The minimum Gasteiger partial charge on any atom is -0.309 e. The number of benzene rings is 2. The van der Waals surface area contributed by atoms with Gasteiger partial charge in [0.25, 0.3) is 0 Å². The Balaban J connectivity index is 2.02. The summed E-state index contributed by atoms with van der Waals surface area (Å²) in [6, 6.07) is 17.7. The van der Waals surface area contributed by atoms with Crippen LogP contribution in [0, 0.1) is 6.92 Å². The van der Waals surface area contributed by atoms with E-state index < -0.39 is 0 Å². The Morgan fingerprint density at radius 1 is 0.895 bits per heavy atom. The molecule has 0 bridgehead atoms. The van der Waals surface area contributed by atoms with Crippen LogP contribution in [-0.4, -0.2) is 25.5 Å². The quantitative estimate of drug-likeness (QED) is 0.773. The van der Waals surface area contributed by atoms with Gasteiger partial charge in [-0.2, -0.15) is 0 Å². The van der Waals surface area contributed by atoms with Crippen LogP contribution < -0.4 is 0 Å². The largest absolute Gasteiger partial charge is 0.309 e. The lowest BCUT2D eigenvalue weighted by molar-refractivity contribution is 0.400. The molecule has 0 amide bonds. The summed E-state index contributed by atoms with van der Waals surface area (Å²) in [6.07, 6.45) is 2.38. The van der Waals surface area contributed by atoms with Crippen LogP contribution in [0.2, 0.25) is 0 Å². The number of aryl methyl sites for hydroxylation is 2. The summed E-state index contributed by atoms with van der Waals surface area (Å²) >= 11 is 0. The van der Waals surface area contributed by atoms with Gasteiger partial charge in [-0.25, -0.2) is 0 Å². The molecule has 1 heteroatoms. The Kier molecular flexibility index (Phi) is 4.75. The lowest BCUT2D eigenvalue weighted by Crippen LogP contribution is -2.13. The minimum absolute atomic E-state index is 1.15. The molecule has 2 rings (SSSR count). The molecule has 1 nitrogen and oxygen atoms in total. The third kappa shape index (κ3) is 4.22. The average molecular weight is 253 g/mol. The van der Waals surface area contributed by atoms with Crippen molar-refractivity contribution in [3.05, 3.63) is 59.7 Å². The number of hydrogen-bond donors (Lipinski definition) is 0. The van der Waals surface area contributed by atoms with Crippen LogP contribution in [0.3, 0.4) is 0 Å². The van der Waals surface area contributed by atoms with E-state index >= 15 is 0 Å². The zero-order valence-corrected chi connectivity index (χ0v) is 12.2. The normalized spacial score (nSPS) is 10.9. The molecule has 0 spiro atoms. The van der Waals surface area contributed by atoms with E-state index in [9.17, 15) is 0 Å². The lowest BCUT2D eigenvalue weighted by Gasteiger charge is -2.09. The lowest BCUT2D eigenvalue weighted by atomic mass is 10.0. The molecule has 2 aromatic rings. The van der Waals surface area contributed by atoms with Crippen LogP contribution in [-0.2, 0) is 6.42 Å². The molecule has 2 aromatic carbocycles. The van der Waals surface area contributed by atoms with E-state index in [-0.39, 0.29) is 0 Å². The average Bonchev–Trinajstić information content (AvgIpc) is 2.39. The van der Waals surface area contributed by atoms with Crippen molar-refractivity contribution in [2.75, 3.05) is 20.6 Å². The van der Waals surface area contributed by atoms with Gasteiger partial charge in [0.2, 0.25) is 0 Å². The zero-order chi connectivity index (χ0) is 13.7. The van der Waals surface area contributed by atoms with Gasteiger partial charge < -0.3 is 4.90 Å². The summed E-state index contributed by atoms with van der Waals surface area (Å²) in [5.41, 5.74) is 5.35. The van der Waals surface area contributed by atoms with E-state index in [1.807, 2.05) is 0 Å². The second-order valence-corrected chi connectivity index (χ2v) is 5.47. The Hall–Kier alpha value is -1.60. The molecule has 0 aliphatic heterocycles. The second-order valence-electron chi connectivity index (χ2n) is 5.47. The van der Waals surface area contributed by atoms with Crippen LogP contribution in [0.25, 0.3) is 11.1 Å². The first kappa shape index (κ1) is 13.8. The van der Waals surface area contributed by atoms with E-state index in [0.717, 1.165) is 13.0 Å². The number of rotatable bonds is 5. The molecule has 0 aromatic heterocycles. The monoisotopic (exact) mass is 253 g/mol. The molecule has 0 aliphatic rings. The van der Waals surface area contributed by atoms with Gasteiger partial charge in [-0.05, 0) is 57.1 Å². The molecular weight excluding hydrogens is 230 g/mol. The van der Waals surface area contributed by atoms with Gasteiger partial charge in [0.05, 0.1) is 0 Å². The smallest absolute Gasteiger partial charge is 0.00217 e. The fourth-order valence-corrected chi connectivity index (χ4v) is 2.29. The van der Waals surface area contributed by atoms with Crippen molar-refractivity contribution in [3.63, 3.8) is 0 Å². The van der Waals surface area contributed by atoms with Gasteiger partial charge in [0, 0.05) is 0 Å². The van der Waals surface area contributed by atoms with E-state index in [1.165, 1.54) is 28.7 Å². The Labute approximate surface area is 116 Å². The standard InChI is InChI=1S/C18H23N/c1-15-6-4-8-18(14-15)17-11-9-16(10-12-17)7-5-13-19(2)3/h4,6,8-12,14H,5,7,13H2,1-3H3. The predicted octanol–water partition coefficient (Wildman–Crippen LogP) is 4.16. The topological polar surface area (TPSA) is 3.24 Å². The molecule has 0 radical (unpaired) electrons. The third-order valence-electron chi connectivity index (χ3n) is 3.38. The predicted molar refractivity (Wildman–Crippen MR) is 83.5 cm³/mol. The first-order valence-corrected chi connectivity index (χ1v) is 6.96. The van der Waals surface area contributed by atoms with E-state index in [1.54, 1.807) is 0 Å².